The van der Waals surface area contributed by atoms with Crippen molar-refractivity contribution in [3.63, 3.8) is 0 Å². The number of carbonyl (C=O) groups is 1. The predicted octanol–water partition coefficient (Wildman–Crippen LogP) is 4.73. The van der Waals surface area contributed by atoms with E-state index in [1.807, 2.05) is 42.5 Å². The van der Waals surface area contributed by atoms with Gasteiger partial charge in [0.25, 0.3) is 0 Å². The van der Waals surface area contributed by atoms with Crippen LogP contribution in [0.3, 0.4) is 0 Å². The van der Waals surface area contributed by atoms with Gasteiger partial charge in [-0.25, -0.2) is 0 Å². The van der Waals surface area contributed by atoms with Gasteiger partial charge in [0.1, 0.15) is 0 Å². The highest BCUT2D eigenvalue weighted by Crippen LogP contribution is 2.23. The normalized spacial score (nSPS) is 10.3. The van der Waals surface area contributed by atoms with Gasteiger partial charge in [-0.05, 0) is 30.7 Å². The molecule has 0 heterocycles. The molecule has 0 unspecified atom stereocenters. The number of ketones is 1. The lowest BCUT2D eigenvalue weighted by Gasteiger charge is -2.05. The van der Waals surface area contributed by atoms with E-state index < -0.39 is 0 Å². The molecule has 0 fully saturated rings. The van der Waals surface area contributed by atoms with E-state index >= 15 is 0 Å². The van der Waals surface area contributed by atoms with Gasteiger partial charge in [0, 0.05) is 14.9 Å². The van der Waals surface area contributed by atoms with Crippen LogP contribution in [-0.2, 0) is 0 Å². The van der Waals surface area contributed by atoms with Crippen LogP contribution >= 0.6 is 27.7 Å². The molecular formula is C15H13BrOS. The Bertz CT molecular complexity index is 566. The number of hydrogen-bond acceptors (Lipinski definition) is 2. The van der Waals surface area contributed by atoms with Gasteiger partial charge < -0.3 is 0 Å². The molecule has 0 spiro atoms. The van der Waals surface area contributed by atoms with Gasteiger partial charge >= 0.3 is 0 Å². The third-order valence-corrected chi connectivity index (χ3v) is 4.27. The summed E-state index contributed by atoms with van der Waals surface area (Å²) in [6.45, 7) is 2.06. The molecule has 0 aliphatic heterocycles. The molecule has 18 heavy (non-hydrogen) atoms. The van der Waals surface area contributed by atoms with Gasteiger partial charge in [0.05, 0.1) is 5.75 Å². The fraction of sp³-hybridized carbons (Fsp3) is 0.133. The van der Waals surface area contributed by atoms with Gasteiger partial charge in [0.2, 0.25) is 0 Å². The Labute approximate surface area is 120 Å². The maximum absolute atomic E-state index is 12.0. The van der Waals surface area contributed by atoms with Crippen LogP contribution in [0, 0.1) is 6.92 Å². The van der Waals surface area contributed by atoms with E-state index in [-0.39, 0.29) is 5.78 Å². The summed E-state index contributed by atoms with van der Waals surface area (Å²) >= 11 is 4.97. The molecule has 0 atom stereocenters. The molecule has 2 rings (SSSR count). The third kappa shape index (κ3) is 3.47. The molecule has 1 nitrogen and oxygen atoms in total. The number of rotatable bonds is 4. The summed E-state index contributed by atoms with van der Waals surface area (Å²) in [7, 11) is 0. The molecule has 0 aliphatic rings. The molecule has 2 aromatic rings. The van der Waals surface area contributed by atoms with Crippen LogP contribution in [0.5, 0.6) is 0 Å². The van der Waals surface area contributed by atoms with Crippen molar-refractivity contribution >= 4 is 33.5 Å². The number of benzene rings is 2. The Balaban J connectivity index is 2.03. The van der Waals surface area contributed by atoms with E-state index in [9.17, 15) is 4.79 Å². The van der Waals surface area contributed by atoms with Crippen LogP contribution in [0.1, 0.15) is 15.9 Å². The van der Waals surface area contributed by atoms with E-state index in [4.69, 9.17) is 0 Å². The maximum atomic E-state index is 12.0. The molecule has 92 valence electrons. The lowest BCUT2D eigenvalue weighted by Crippen LogP contribution is -2.02. The fourth-order valence-electron chi connectivity index (χ4n) is 1.61. The molecule has 3 heteroatoms. The smallest absolute Gasteiger partial charge is 0.173 e. The molecule has 0 saturated carbocycles. The van der Waals surface area contributed by atoms with E-state index in [0.717, 1.165) is 10.0 Å². The topological polar surface area (TPSA) is 17.1 Å². The number of aryl methyl sites for hydroxylation is 1. The Hall–Kier alpha value is -1.06. The van der Waals surface area contributed by atoms with Crippen LogP contribution in [0.25, 0.3) is 0 Å². The molecule has 0 aliphatic carbocycles. The monoisotopic (exact) mass is 320 g/mol. The maximum Gasteiger partial charge on any atom is 0.173 e. The Kier molecular flexibility index (Phi) is 4.61. The van der Waals surface area contributed by atoms with Crippen LogP contribution in [-0.4, -0.2) is 11.5 Å². The van der Waals surface area contributed by atoms with E-state index in [1.54, 1.807) is 11.8 Å². The molecule has 0 saturated heterocycles. The number of halogens is 1. The molecule has 0 N–H and O–H groups in total. The van der Waals surface area contributed by atoms with Crippen LogP contribution < -0.4 is 0 Å². The summed E-state index contributed by atoms with van der Waals surface area (Å²) in [6, 6.07) is 15.6. The standard InChI is InChI=1S/C15H13BrOS/c1-11-5-2-3-8-15(11)18-10-14(17)12-6-4-7-13(16)9-12/h2-9H,10H2,1H3. The van der Waals surface area contributed by atoms with Crippen molar-refractivity contribution in [3.05, 3.63) is 64.1 Å². The first-order chi connectivity index (χ1) is 8.66. The van der Waals surface area contributed by atoms with Crippen molar-refractivity contribution in [2.45, 2.75) is 11.8 Å². The first-order valence-electron chi connectivity index (χ1n) is 5.64. The largest absolute Gasteiger partial charge is 0.293 e. The fourth-order valence-corrected chi connectivity index (χ4v) is 2.93. The zero-order chi connectivity index (χ0) is 13.0. The summed E-state index contributed by atoms with van der Waals surface area (Å²) in [5.41, 5.74) is 1.97. The second kappa shape index (κ2) is 6.21. The quantitative estimate of drug-likeness (QED) is 0.598. The number of hydrogen-bond donors (Lipinski definition) is 0. The predicted molar refractivity (Wildman–Crippen MR) is 80.4 cm³/mol. The van der Waals surface area contributed by atoms with Gasteiger partial charge in [-0.15, -0.1) is 11.8 Å². The van der Waals surface area contributed by atoms with Gasteiger partial charge in [0.15, 0.2) is 5.78 Å². The molecular weight excluding hydrogens is 308 g/mol. The van der Waals surface area contributed by atoms with Crippen LogP contribution in [0.2, 0.25) is 0 Å². The number of Topliss-reactive ketones (excluding diaryl/α,β-unsaturated/α-hetero) is 1. The van der Waals surface area contributed by atoms with E-state index in [2.05, 4.69) is 28.9 Å². The molecule has 0 radical (unpaired) electrons. The Morgan fingerprint density at radius 3 is 2.67 bits per heavy atom. The molecule has 0 aromatic heterocycles. The second-order valence-electron chi connectivity index (χ2n) is 3.99. The minimum absolute atomic E-state index is 0.157. The van der Waals surface area contributed by atoms with Crippen molar-refractivity contribution < 1.29 is 4.79 Å². The van der Waals surface area contributed by atoms with E-state index in [1.165, 1.54) is 10.5 Å². The third-order valence-electron chi connectivity index (χ3n) is 2.60. The SMILES string of the molecule is Cc1ccccc1SCC(=O)c1cccc(Br)c1. The minimum Gasteiger partial charge on any atom is -0.293 e. The first kappa shape index (κ1) is 13.4. The highest BCUT2D eigenvalue weighted by atomic mass is 79.9. The minimum atomic E-state index is 0.157. The summed E-state index contributed by atoms with van der Waals surface area (Å²) in [5.74, 6) is 0.631. The van der Waals surface area contributed by atoms with Crippen molar-refractivity contribution in [3.8, 4) is 0 Å². The van der Waals surface area contributed by atoms with Crippen molar-refractivity contribution in [1.29, 1.82) is 0 Å². The van der Waals surface area contributed by atoms with Gasteiger partial charge in [-0.1, -0.05) is 46.3 Å². The lowest BCUT2D eigenvalue weighted by molar-refractivity contribution is 0.102. The highest BCUT2D eigenvalue weighted by molar-refractivity contribution is 9.10. The number of carbonyl (C=O) groups excluding carboxylic acids is 1. The van der Waals surface area contributed by atoms with Gasteiger partial charge in [-0.3, -0.25) is 4.79 Å². The van der Waals surface area contributed by atoms with Crippen molar-refractivity contribution in [2.75, 3.05) is 5.75 Å². The van der Waals surface area contributed by atoms with Crippen molar-refractivity contribution in [1.82, 2.24) is 0 Å². The molecule has 2 aromatic carbocycles. The molecule has 0 amide bonds. The summed E-state index contributed by atoms with van der Waals surface area (Å²) in [5, 5.41) is 0. The average Bonchev–Trinajstić information content (AvgIpc) is 2.37. The zero-order valence-electron chi connectivity index (χ0n) is 10.0. The first-order valence-corrected chi connectivity index (χ1v) is 7.42. The lowest BCUT2D eigenvalue weighted by atomic mass is 10.2. The average molecular weight is 321 g/mol. The second-order valence-corrected chi connectivity index (χ2v) is 5.92. The zero-order valence-corrected chi connectivity index (χ0v) is 12.4. The summed E-state index contributed by atoms with van der Waals surface area (Å²) in [4.78, 5) is 13.2. The van der Waals surface area contributed by atoms with Crippen LogP contribution in [0.15, 0.2) is 57.9 Å². The summed E-state index contributed by atoms with van der Waals surface area (Å²) in [6.07, 6.45) is 0. The Morgan fingerprint density at radius 1 is 1.17 bits per heavy atom. The van der Waals surface area contributed by atoms with Crippen LogP contribution in [0.4, 0.5) is 0 Å². The highest BCUT2D eigenvalue weighted by Gasteiger charge is 2.07. The number of thioether (sulfide) groups is 1. The van der Waals surface area contributed by atoms with E-state index in [0.29, 0.717) is 5.75 Å². The summed E-state index contributed by atoms with van der Waals surface area (Å²) < 4.78 is 0.939. The van der Waals surface area contributed by atoms with Gasteiger partial charge in [-0.2, -0.15) is 0 Å². The Morgan fingerprint density at radius 2 is 1.94 bits per heavy atom. The molecule has 0 bridgehead atoms. The van der Waals surface area contributed by atoms with Crippen molar-refractivity contribution in [2.24, 2.45) is 0 Å².